The van der Waals surface area contributed by atoms with Crippen molar-refractivity contribution in [2.45, 2.75) is 65.7 Å². The molecule has 2 heterocycles. The van der Waals surface area contributed by atoms with Gasteiger partial charge in [0.25, 0.3) is 0 Å². The first-order valence-corrected chi connectivity index (χ1v) is 7.21. The maximum absolute atomic E-state index is 6.04. The van der Waals surface area contributed by atoms with Crippen LogP contribution in [-0.2, 0) is 9.31 Å². The predicted octanol–water partition coefficient (Wildman–Crippen LogP) is 2.51. The van der Waals surface area contributed by atoms with Gasteiger partial charge in [-0.25, -0.2) is 4.98 Å². The third-order valence-electron chi connectivity index (χ3n) is 4.05. The molecule has 0 spiro atoms. The molecule has 20 heavy (non-hydrogen) atoms. The number of hydrogen-bond acceptors (Lipinski definition) is 4. The van der Waals surface area contributed by atoms with Gasteiger partial charge in [0.15, 0.2) is 0 Å². The second-order valence-electron chi connectivity index (χ2n) is 6.82. The summed E-state index contributed by atoms with van der Waals surface area (Å²) < 4.78 is 12.1. The molecule has 0 atom stereocenters. The second kappa shape index (κ2) is 5.04. The SMILES string of the molecule is Cc1cc(B2OC(C)(C)C(C)(C)O2)cnc1NC(C)C. The highest BCUT2D eigenvalue weighted by Crippen LogP contribution is 2.36. The van der Waals surface area contributed by atoms with Gasteiger partial charge in [0, 0.05) is 17.7 Å². The summed E-state index contributed by atoms with van der Waals surface area (Å²) in [7, 11) is -0.348. The maximum Gasteiger partial charge on any atom is 0.496 e. The Morgan fingerprint density at radius 3 is 2.15 bits per heavy atom. The zero-order valence-electron chi connectivity index (χ0n) is 13.6. The number of aryl methyl sites for hydroxylation is 1. The van der Waals surface area contributed by atoms with E-state index in [9.17, 15) is 0 Å². The molecule has 110 valence electrons. The normalized spacial score (nSPS) is 20.5. The lowest BCUT2D eigenvalue weighted by atomic mass is 9.80. The molecule has 2 rings (SSSR count). The van der Waals surface area contributed by atoms with Gasteiger partial charge in [0.2, 0.25) is 0 Å². The van der Waals surface area contributed by atoms with Crippen LogP contribution in [0.5, 0.6) is 0 Å². The van der Waals surface area contributed by atoms with Crippen LogP contribution in [0.4, 0.5) is 5.82 Å². The number of aromatic nitrogens is 1. The van der Waals surface area contributed by atoms with Crippen molar-refractivity contribution in [3.8, 4) is 0 Å². The number of nitrogens with zero attached hydrogens (tertiary/aromatic N) is 1. The highest BCUT2D eigenvalue weighted by molar-refractivity contribution is 6.62. The lowest BCUT2D eigenvalue weighted by Gasteiger charge is -2.32. The molecule has 5 heteroatoms. The molecule has 0 amide bonds. The third-order valence-corrected chi connectivity index (χ3v) is 4.05. The molecule has 0 aliphatic carbocycles. The van der Waals surface area contributed by atoms with Crippen LogP contribution in [0.25, 0.3) is 0 Å². The molecule has 0 unspecified atom stereocenters. The van der Waals surface area contributed by atoms with Gasteiger partial charge >= 0.3 is 7.12 Å². The first-order chi connectivity index (χ1) is 9.12. The Balaban J connectivity index is 2.22. The average molecular weight is 276 g/mol. The molecule has 1 aromatic rings. The van der Waals surface area contributed by atoms with E-state index in [4.69, 9.17) is 9.31 Å². The topological polar surface area (TPSA) is 43.4 Å². The van der Waals surface area contributed by atoms with Crippen molar-refractivity contribution in [1.82, 2.24) is 4.98 Å². The Morgan fingerprint density at radius 2 is 1.70 bits per heavy atom. The molecule has 1 fully saturated rings. The molecule has 0 saturated carbocycles. The van der Waals surface area contributed by atoms with Crippen LogP contribution in [0.1, 0.15) is 47.1 Å². The van der Waals surface area contributed by atoms with Crippen molar-refractivity contribution in [3.05, 3.63) is 17.8 Å². The first-order valence-electron chi connectivity index (χ1n) is 7.21. The van der Waals surface area contributed by atoms with E-state index < -0.39 is 0 Å². The van der Waals surface area contributed by atoms with Gasteiger partial charge in [-0.1, -0.05) is 6.07 Å². The molecule has 1 N–H and O–H groups in total. The molecule has 0 bridgehead atoms. The summed E-state index contributed by atoms with van der Waals surface area (Å²) in [6.07, 6.45) is 1.83. The van der Waals surface area contributed by atoms with Gasteiger partial charge in [-0.05, 0) is 54.0 Å². The fourth-order valence-corrected chi connectivity index (χ4v) is 2.13. The van der Waals surface area contributed by atoms with E-state index in [0.29, 0.717) is 6.04 Å². The lowest BCUT2D eigenvalue weighted by Crippen LogP contribution is -2.41. The van der Waals surface area contributed by atoms with E-state index >= 15 is 0 Å². The first kappa shape index (κ1) is 15.3. The smallest absolute Gasteiger partial charge is 0.399 e. The number of anilines is 1. The number of pyridine rings is 1. The second-order valence-corrected chi connectivity index (χ2v) is 6.82. The van der Waals surface area contributed by atoms with E-state index in [-0.39, 0.29) is 18.3 Å². The van der Waals surface area contributed by atoms with E-state index in [1.54, 1.807) is 0 Å². The largest absolute Gasteiger partial charge is 0.496 e. The Kier molecular flexibility index (Phi) is 3.86. The van der Waals surface area contributed by atoms with Gasteiger partial charge in [0.1, 0.15) is 5.82 Å². The molecular weight excluding hydrogens is 251 g/mol. The van der Waals surface area contributed by atoms with E-state index in [1.807, 2.05) is 13.1 Å². The Hall–Kier alpha value is -1.07. The summed E-state index contributed by atoms with van der Waals surface area (Å²) >= 11 is 0. The summed E-state index contributed by atoms with van der Waals surface area (Å²) in [6, 6.07) is 2.45. The van der Waals surface area contributed by atoms with Crippen LogP contribution in [-0.4, -0.2) is 29.3 Å². The van der Waals surface area contributed by atoms with Gasteiger partial charge in [0.05, 0.1) is 11.2 Å². The average Bonchev–Trinajstić information content (AvgIpc) is 2.50. The molecule has 1 aliphatic rings. The molecular formula is C15H25BN2O2. The summed E-state index contributed by atoms with van der Waals surface area (Å²) in [4.78, 5) is 4.49. The maximum atomic E-state index is 6.04. The van der Waals surface area contributed by atoms with Crippen LogP contribution in [0.15, 0.2) is 12.3 Å². The minimum atomic E-state index is -0.348. The number of nitrogens with one attached hydrogen (secondary N) is 1. The Morgan fingerprint density at radius 1 is 1.15 bits per heavy atom. The minimum Gasteiger partial charge on any atom is -0.399 e. The summed E-state index contributed by atoms with van der Waals surface area (Å²) in [5.74, 6) is 0.917. The van der Waals surface area contributed by atoms with Crippen molar-refractivity contribution >= 4 is 18.4 Å². The highest BCUT2D eigenvalue weighted by atomic mass is 16.7. The van der Waals surface area contributed by atoms with Gasteiger partial charge in [-0.2, -0.15) is 0 Å². The van der Waals surface area contributed by atoms with Crippen LogP contribution in [0.2, 0.25) is 0 Å². The highest BCUT2D eigenvalue weighted by Gasteiger charge is 2.51. The molecule has 0 aromatic carbocycles. The minimum absolute atomic E-state index is 0.319. The summed E-state index contributed by atoms with van der Waals surface area (Å²) in [5.41, 5.74) is 1.43. The monoisotopic (exact) mass is 276 g/mol. The van der Waals surface area contributed by atoms with E-state index in [2.05, 4.69) is 57.9 Å². The van der Waals surface area contributed by atoms with Crippen LogP contribution < -0.4 is 10.8 Å². The van der Waals surface area contributed by atoms with Crippen molar-refractivity contribution in [3.63, 3.8) is 0 Å². The van der Waals surface area contributed by atoms with E-state index in [1.165, 1.54) is 0 Å². The van der Waals surface area contributed by atoms with Crippen molar-refractivity contribution in [2.24, 2.45) is 0 Å². The quantitative estimate of drug-likeness (QED) is 0.861. The van der Waals surface area contributed by atoms with Crippen molar-refractivity contribution < 1.29 is 9.31 Å². The Bertz CT molecular complexity index is 485. The van der Waals surface area contributed by atoms with Crippen molar-refractivity contribution in [1.29, 1.82) is 0 Å². The van der Waals surface area contributed by atoms with Crippen LogP contribution in [0.3, 0.4) is 0 Å². The van der Waals surface area contributed by atoms with Crippen molar-refractivity contribution in [2.75, 3.05) is 5.32 Å². The van der Waals surface area contributed by atoms with Gasteiger partial charge < -0.3 is 14.6 Å². The lowest BCUT2D eigenvalue weighted by molar-refractivity contribution is 0.00578. The zero-order chi connectivity index (χ0) is 15.1. The number of rotatable bonds is 3. The fourth-order valence-electron chi connectivity index (χ4n) is 2.13. The fraction of sp³-hybridized carbons (Fsp3) is 0.667. The molecule has 1 aliphatic heterocycles. The third kappa shape index (κ3) is 2.84. The molecule has 1 aromatic heterocycles. The molecule has 0 radical (unpaired) electrons. The summed E-state index contributed by atoms with van der Waals surface area (Å²) in [6.45, 7) is 14.5. The van der Waals surface area contributed by atoms with Gasteiger partial charge in [-0.15, -0.1) is 0 Å². The van der Waals surface area contributed by atoms with E-state index in [0.717, 1.165) is 16.8 Å². The number of hydrogen-bond donors (Lipinski definition) is 1. The van der Waals surface area contributed by atoms with Gasteiger partial charge in [-0.3, -0.25) is 0 Å². The van der Waals surface area contributed by atoms with Crippen LogP contribution >= 0.6 is 0 Å². The van der Waals surface area contributed by atoms with Crippen LogP contribution in [0, 0.1) is 6.92 Å². The predicted molar refractivity (Wildman–Crippen MR) is 83.4 cm³/mol. The molecule has 4 nitrogen and oxygen atoms in total. The summed E-state index contributed by atoms with van der Waals surface area (Å²) in [5, 5.41) is 3.33. The zero-order valence-corrected chi connectivity index (χ0v) is 13.6. The molecule has 1 saturated heterocycles. The Labute approximate surface area is 122 Å². The standard InChI is InChI=1S/C15H25BN2O2/c1-10(2)18-13-11(3)8-12(9-17-13)16-19-14(4,5)15(6,7)20-16/h8-10H,1-7H3,(H,17,18).